The van der Waals surface area contributed by atoms with E-state index in [9.17, 15) is 0 Å². The molecule has 0 amide bonds. The Kier molecular flexibility index (Phi) is 8.14. The summed E-state index contributed by atoms with van der Waals surface area (Å²) < 4.78 is 10.8. The maximum Gasteiger partial charge on any atom is 0.0701 e. The van der Waals surface area contributed by atoms with E-state index in [1.807, 2.05) is 0 Å². The van der Waals surface area contributed by atoms with Crippen molar-refractivity contribution in [3.8, 4) is 0 Å². The highest BCUT2D eigenvalue weighted by atomic mass is 16.5. The SMILES string of the molecule is CC(C)COCCOCC(N)C(C)C. The van der Waals surface area contributed by atoms with Gasteiger partial charge in [0.25, 0.3) is 0 Å². The van der Waals surface area contributed by atoms with Crippen LogP contribution in [0.1, 0.15) is 27.7 Å². The normalized spacial score (nSPS) is 13.9. The van der Waals surface area contributed by atoms with Crippen LogP contribution in [-0.4, -0.2) is 32.5 Å². The molecular formula is C11H25NO2. The Balaban J connectivity index is 3.13. The van der Waals surface area contributed by atoms with Crippen LogP contribution in [0.15, 0.2) is 0 Å². The summed E-state index contributed by atoms with van der Waals surface area (Å²) in [6, 6.07) is 0.139. The second kappa shape index (κ2) is 8.21. The van der Waals surface area contributed by atoms with Gasteiger partial charge in [0.05, 0.1) is 19.8 Å². The van der Waals surface area contributed by atoms with Crippen molar-refractivity contribution >= 4 is 0 Å². The number of hydrogen-bond donors (Lipinski definition) is 1. The molecule has 14 heavy (non-hydrogen) atoms. The Morgan fingerprint density at radius 1 is 0.929 bits per heavy atom. The molecule has 0 saturated carbocycles. The molecule has 0 fully saturated rings. The van der Waals surface area contributed by atoms with E-state index in [-0.39, 0.29) is 6.04 Å². The fourth-order valence-corrected chi connectivity index (χ4v) is 0.849. The third-order valence-electron chi connectivity index (χ3n) is 1.99. The molecule has 0 aliphatic carbocycles. The molecule has 0 aliphatic heterocycles. The smallest absolute Gasteiger partial charge is 0.0701 e. The largest absolute Gasteiger partial charge is 0.379 e. The van der Waals surface area contributed by atoms with Crippen molar-refractivity contribution < 1.29 is 9.47 Å². The molecule has 0 aromatic heterocycles. The molecule has 3 nitrogen and oxygen atoms in total. The fourth-order valence-electron chi connectivity index (χ4n) is 0.849. The van der Waals surface area contributed by atoms with Gasteiger partial charge in [-0.2, -0.15) is 0 Å². The Bertz CT molecular complexity index is 126. The van der Waals surface area contributed by atoms with Gasteiger partial charge in [-0.25, -0.2) is 0 Å². The molecule has 0 bridgehead atoms. The van der Waals surface area contributed by atoms with Gasteiger partial charge in [-0.15, -0.1) is 0 Å². The minimum absolute atomic E-state index is 0.139. The summed E-state index contributed by atoms with van der Waals surface area (Å²) >= 11 is 0. The average Bonchev–Trinajstić information content (AvgIpc) is 2.09. The van der Waals surface area contributed by atoms with Gasteiger partial charge in [-0.1, -0.05) is 27.7 Å². The lowest BCUT2D eigenvalue weighted by atomic mass is 10.1. The molecule has 2 N–H and O–H groups in total. The predicted molar refractivity (Wildman–Crippen MR) is 59.3 cm³/mol. The van der Waals surface area contributed by atoms with E-state index < -0.39 is 0 Å². The van der Waals surface area contributed by atoms with Crippen LogP contribution in [0.5, 0.6) is 0 Å². The Morgan fingerprint density at radius 2 is 1.43 bits per heavy atom. The molecule has 0 aromatic rings. The lowest BCUT2D eigenvalue weighted by molar-refractivity contribution is 0.0300. The topological polar surface area (TPSA) is 44.5 Å². The highest BCUT2D eigenvalue weighted by Crippen LogP contribution is 1.98. The maximum absolute atomic E-state index is 5.81. The minimum atomic E-state index is 0.139. The first-order valence-electron chi connectivity index (χ1n) is 5.45. The molecule has 1 unspecified atom stereocenters. The molecular weight excluding hydrogens is 178 g/mol. The summed E-state index contributed by atoms with van der Waals surface area (Å²) in [5.74, 6) is 1.07. The van der Waals surface area contributed by atoms with Crippen LogP contribution >= 0.6 is 0 Å². The Hall–Kier alpha value is -0.120. The molecule has 0 rings (SSSR count). The zero-order valence-corrected chi connectivity index (χ0v) is 9.95. The summed E-state index contributed by atoms with van der Waals surface area (Å²) in [6.07, 6.45) is 0. The molecule has 3 heteroatoms. The summed E-state index contributed by atoms with van der Waals surface area (Å²) in [6.45, 7) is 11.2. The van der Waals surface area contributed by atoms with E-state index >= 15 is 0 Å². The quantitative estimate of drug-likeness (QED) is 0.610. The lowest BCUT2D eigenvalue weighted by Gasteiger charge is -2.15. The maximum atomic E-state index is 5.81. The van der Waals surface area contributed by atoms with E-state index in [4.69, 9.17) is 15.2 Å². The standard InChI is InChI=1S/C11H25NO2/c1-9(2)7-13-5-6-14-8-11(12)10(3)4/h9-11H,5-8,12H2,1-4H3. The number of hydrogen-bond acceptors (Lipinski definition) is 3. The van der Waals surface area contributed by atoms with Crippen molar-refractivity contribution in [2.75, 3.05) is 26.4 Å². The van der Waals surface area contributed by atoms with Crippen molar-refractivity contribution in [2.45, 2.75) is 33.7 Å². The van der Waals surface area contributed by atoms with Crippen molar-refractivity contribution in [3.63, 3.8) is 0 Å². The highest BCUT2D eigenvalue weighted by molar-refractivity contribution is 4.63. The van der Waals surface area contributed by atoms with Gasteiger partial charge in [-0.05, 0) is 11.8 Å². The second-order valence-corrected chi connectivity index (χ2v) is 4.45. The summed E-state index contributed by atoms with van der Waals surface area (Å²) in [7, 11) is 0. The van der Waals surface area contributed by atoms with Crippen molar-refractivity contribution in [1.29, 1.82) is 0 Å². The van der Waals surface area contributed by atoms with Gasteiger partial charge in [0, 0.05) is 12.6 Å². The van der Waals surface area contributed by atoms with Gasteiger partial charge < -0.3 is 15.2 Å². The van der Waals surface area contributed by atoms with Gasteiger partial charge in [-0.3, -0.25) is 0 Å². The van der Waals surface area contributed by atoms with Crippen molar-refractivity contribution in [3.05, 3.63) is 0 Å². The van der Waals surface area contributed by atoms with Crippen molar-refractivity contribution in [2.24, 2.45) is 17.6 Å². The van der Waals surface area contributed by atoms with Crippen LogP contribution in [0.25, 0.3) is 0 Å². The molecule has 0 heterocycles. The van der Waals surface area contributed by atoms with E-state index in [0.29, 0.717) is 31.7 Å². The van der Waals surface area contributed by atoms with Gasteiger partial charge in [0.15, 0.2) is 0 Å². The molecule has 1 atom stereocenters. The first kappa shape index (κ1) is 13.9. The second-order valence-electron chi connectivity index (χ2n) is 4.45. The number of rotatable bonds is 8. The summed E-state index contributed by atoms with van der Waals surface area (Å²) in [5, 5.41) is 0. The minimum Gasteiger partial charge on any atom is -0.379 e. The van der Waals surface area contributed by atoms with Gasteiger partial charge >= 0.3 is 0 Å². The summed E-state index contributed by atoms with van der Waals surface area (Å²) in [5.41, 5.74) is 5.81. The van der Waals surface area contributed by atoms with Crippen LogP contribution < -0.4 is 5.73 Å². The first-order valence-corrected chi connectivity index (χ1v) is 5.45. The number of nitrogens with two attached hydrogens (primary N) is 1. The molecule has 86 valence electrons. The fraction of sp³-hybridized carbons (Fsp3) is 1.00. The average molecular weight is 203 g/mol. The number of ether oxygens (including phenoxy) is 2. The molecule has 0 aliphatic rings. The third kappa shape index (κ3) is 8.48. The van der Waals surface area contributed by atoms with Crippen LogP contribution in [0.3, 0.4) is 0 Å². The highest BCUT2D eigenvalue weighted by Gasteiger charge is 2.06. The van der Waals surface area contributed by atoms with Crippen LogP contribution in [0, 0.1) is 11.8 Å². The van der Waals surface area contributed by atoms with Gasteiger partial charge in [0.1, 0.15) is 0 Å². The third-order valence-corrected chi connectivity index (χ3v) is 1.99. The molecule has 0 radical (unpaired) electrons. The first-order chi connectivity index (χ1) is 6.54. The summed E-state index contributed by atoms with van der Waals surface area (Å²) in [4.78, 5) is 0. The zero-order valence-electron chi connectivity index (χ0n) is 9.95. The van der Waals surface area contributed by atoms with E-state index in [0.717, 1.165) is 6.61 Å². The molecule has 0 spiro atoms. The molecule has 0 aromatic carbocycles. The predicted octanol–water partition coefficient (Wildman–Crippen LogP) is 1.66. The lowest BCUT2D eigenvalue weighted by Crippen LogP contribution is -2.32. The van der Waals surface area contributed by atoms with E-state index in [1.165, 1.54) is 0 Å². The van der Waals surface area contributed by atoms with Crippen molar-refractivity contribution in [1.82, 2.24) is 0 Å². The molecule has 0 saturated heterocycles. The van der Waals surface area contributed by atoms with Gasteiger partial charge in [0.2, 0.25) is 0 Å². The van der Waals surface area contributed by atoms with E-state index in [1.54, 1.807) is 0 Å². The van der Waals surface area contributed by atoms with E-state index in [2.05, 4.69) is 27.7 Å². The Morgan fingerprint density at radius 3 is 1.86 bits per heavy atom. The van der Waals surface area contributed by atoms with Crippen LogP contribution in [-0.2, 0) is 9.47 Å². The zero-order chi connectivity index (χ0) is 11.0. The monoisotopic (exact) mass is 203 g/mol. The Labute approximate surface area is 88.0 Å². The van der Waals surface area contributed by atoms with Crippen LogP contribution in [0.4, 0.5) is 0 Å². The van der Waals surface area contributed by atoms with Crippen LogP contribution in [0.2, 0.25) is 0 Å².